The minimum Gasteiger partial charge on any atom is -0.508 e. The number of hydrogen-bond acceptors (Lipinski definition) is 5. The maximum atomic E-state index is 11.9. The van der Waals surface area contributed by atoms with Crippen molar-refractivity contribution in [2.45, 2.75) is 45.7 Å². The molecule has 0 bridgehead atoms. The standard InChI is InChI=1S/C15H22N2O4.C2H4O2/c1-9(2)7-12(16)14(19)17-13(15(20)21)8-10-3-5-11(18)6-4-10;1-2(3)4/h3-6,9,12-13,18H,7-8,16H2,1-2H3,(H,17,19)(H,20,21);1H3,(H,3,4)/t12-,13-;/m0./s1. The van der Waals surface area contributed by atoms with Gasteiger partial charge >= 0.3 is 5.97 Å². The lowest BCUT2D eigenvalue weighted by molar-refractivity contribution is -0.142. The van der Waals surface area contributed by atoms with E-state index in [1.807, 2.05) is 13.8 Å². The van der Waals surface area contributed by atoms with E-state index >= 15 is 0 Å². The van der Waals surface area contributed by atoms with Crippen LogP contribution >= 0.6 is 0 Å². The van der Waals surface area contributed by atoms with Crippen LogP contribution < -0.4 is 11.1 Å². The van der Waals surface area contributed by atoms with Crippen molar-refractivity contribution in [3.8, 4) is 5.75 Å². The molecule has 25 heavy (non-hydrogen) atoms. The fourth-order valence-electron chi connectivity index (χ4n) is 1.96. The van der Waals surface area contributed by atoms with Gasteiger partial charge in [0.1, 0.15) is 11.8 Å². The van der Waals surface area contributed by atoms with Crippen LogP contribution in [-0.2, 0) is 20.8 Å². The van der Waals surface area contributed by atoms with Gasteiger partial charge in [-0.05, 0) is 30.0 Å². The molecule has 1 aromatic rings. The Labute approximate surface area is 146 Å². The van der Waals surface area contributed by atoms with Crippen molar-refractivity contribution < 1.29 is 29.7 Å². The second-order valence-electron chi connectivity index (χ2n) is 6.03. The minimum absolute atomic E-state index is 0.105. The van der Waals surface area contributed by atoms with E-state index in [1.54, 1.807) is 12.1 Å². The Morgan fingerprint density at radius 3 is 2.00 bits per heavy atom. The van der Waals surface area contributed by atoms with Gasteiger partial charge in [-0.1, -0.05) is 26.0 Å². The molecule has 6 N–H and O–H groups in total. The maximum absolute atomic E-state index is 11.9. The zero-order valence-corrected chi connectivity index (χ0v) is 14.6. The first-order valence-electron chi connectivity index (χ1n) is 7.79. The number of amides is 1. The van der Waals surface area contributed by atoms with Gasteiger partial charge in [0, 0.05) is 13.3 Å². The van der Waals surface area contributed by atoms with Crippen LogP contribution in [0.15, 0.2) is 24.3 Å². The Bertz CT molecular complexity index is 567. The van der Waals surface area contributed by atoms with Crippen molar-refractivity contribution in [1.29, 1.82) is 0 Å². The molecule has 0 heterocycles. The average Bonchev–Trinajstić information content (AvgIpc) is 2.47. The molecule has 2 atom stereocenters. The summed E-state index contributed by atoms with van der Waals surface area (Å²) in [6.07, 6.45) is 0.632. The summed E-state index contributed by atoms with van der Waals surface area (Å²) >= 11 is 0. The number of carbonyl (C=O) groups is 3. The van der Waals surface area contributed by atoms with E-state index in [1.165, 1.54) is 12.1 Å². The van der Waals surface area contributed by atoms with E-state index in [4.69, 9.17) is 15.6 Å². The first-order chi connectivity index (χ1) is 11.5. The predicted molar refractivity (Wildman–Crippen MR) is 92.1 cm³/mol. The quantitative estimate of drug-likeness (QED) is 0.489. The number of carbonyl (C=O) groups excluding carboxylic acids is 1. The van der Waals surface area contributed by atoms with Crippen LogP contribution in [0, 0.1) is 5.92 Å². The van der Waals surface area contributed by atoms with Crippen molar-refractivity contribution in [2.24, 2.45) is 11.7 Å². The maximum Gasteiger partial charge on any atom is 0.326 e. The Morgan fingerprint density at radius 1 is 1.12 bits per heavy atom. The fourth-order valence-corrected chi connectivity index (χ4v) is 1.96. The number of carboxylic acids is 2. The Hall–Kier alpha value is -2.61. The first-order valence-corrected chi connectivity index (χ1v) is 7.79. The number of nitrogens with two attached hydrogens (primary N) is 1. The SMILES string of the molecule is CC(=O)O.CC(C)C[C@H](N)C(=O)N[C@@H](Cc1ccc(O)cc1)C(=O)O. The molecule has 0 aliphatic rings. The number of aliphatic carboxylic acids is 2. The molecule has 140 valence electrons. The number of aromatic hydroxyl groups is 1. The number of phenolic OH excluding ortho intramolecular Hbond substituents is 1. The van der Waals surface area contributed by atoms with Gasteiger partial charge < -0.3 is 26.4 Å². The molecule has 0 fully saturated rings. The van der Waals surface area contributed by atoms with E-state index in [0.717, 1.165) is 6.92 Å². The lowest BCUT2D eigenvalue weighted by Crippen LogP contribution is -2.49. The fraction of sp³-hybridized carbons (Fsp3) is 0.471. The van der Waals surface area contributed by atoms with Crippen molar-refractivity contribution in [1.82, 2.24) is 5.32 Å². The number of phenols is 1. The Kier molecular flexibility index (Phi) is 9.88. The summed E-state index contributed by atoms with van der Waals surface area (Å²) < 4.78 is 0. The van der Waals surface area contributed by atoms with E-state index in [-0.39, 0.29) is 18.1 Å². The molecule has 0 aliphatic carbocycles. The van der Waals surface area contributed by atoms with Gasteiger partial charge in [-0.2, -0.15) is 0 Å². The zero-order chi connectivity index (χ0) is 19.6. The van der Waals surface area contributed by atoms with Crippen molar-refractivity contribution in [2.75, 3.05) is 0 Å². The molecule has 0 unspecified atom stereocenters. The van der Waals surface area contributed by atoms with Crippen LogP contribution in [0.3, 0.4) is 0 Å². The summed E-state index contributed by atoms with van der Waals surface area (Å²) in [6, 6.07) is 4.42. The molecule has 0 saturated carbocycles. The second kappa shape index (κ2) is 11.0. The largest absolute Gasteiger partial charge is 0.508 e. The zero-order valence-electron chi connectivity index (χ0n) is 14.6. The highest BCUT2D eigenvalue weighted by atomic mass is 16.4. The molecular formula is C17H26N2O6. The molecule has 0 saturated heterocycles. The summed E-state index contributed by atoms with van der Waals surface area (Å²) in [5, 5.41) is 28.3. The van der Waals surface area contributed by atoms with E-state index in [9.17, 15) is 19.8 Å². The first kappa shape index (κ1) is 22.4. The third-order valence-corrected chi connectivity index (χ3v) is 3.05. The smallest absolute Gasteiger partial charge is 0.326 e. The molecule has 0 aliphatic heterocycles. The Balaban J connectivity index is 0.00000129. The van der Waals surface area contributed by atoms with Gasteiger partial charge in [-0.3, -0.25) is 9.59 Å². The van der Waals surface area contributed by atoms with Gasteiger partial charge in [0.15, 0.2) is 0 Å². The van der Waals surface area contributed by atoms with Crippen LogP contribution in [0.5, 0.6) is 5.75 Å². The van der Waals surface area contributed by atoms with Gasteiger partial charge in [-0.15, -0.1) is 0 Å². The molecule has 0 spiro atoms. The molecule has 0 aromatic heterocycles. The summed E-state index contributed by atoms with van der Waals surface area (Å²) in [4.78, 5) is 32.1. The van der Waals surface area contributed by atoms with Crippen LogP contribution in [0.25, 0.3) is 0 Å². The highest BCUT2D eigenvalue weighted by Gasteiger charge is 2.23. The number of benzene rings is 1. The van der Waals surface area contributed by atoms with Crippen LogP contribution in [0.4, 0.5) is 0 Å². The summed E-state index contributed by atoms with van der Waals surface area (Å²) in [7, 11) is 0. The third kappa shape index (κ3) is 10.7. The van der Waals surface area contributed by atoms with Gasteiger partial charge in [0.25, 0.3) is 5.97 Å². The van der Waals surface area contributed by atoms with Crippen LogP contribution in [-0.4, -0.2) is 45.2 Å². The molecular weight excluding hydrogens is 328 g/mol. The average molecular weight is 354 g/mol. The van der Waals surface area contributed by atoms with Crippen LogP contribution in [0.1, 0.15) is 32.8 Å². The van der Waals surface area contributed by atoms with Crippen LogP contribution in [0.2, 0.25) is 0 Å². The van der Waals surface area contributed by atoms with Crippen molar-refractivity contribution >= 4 is 17.8 Å². The summed E-state index contributed by atoms with van der Waals surface area (Å²) in [5.41, 5.74) is 6.45. The monoisotopic (exact) mass is 354 g/mol. The van der Waals surface area contributed by atoms with Gasteiger partial charge in [-0.25, -0.2) is 4.79 Å². The normalized spacial score (nSPS) is 12.5. The lowest BCUT2D eigenvalue weighted by Gasteiger charge is -2.19. The van der Waals surface area contributed by atoms with E-state index in [2.05, 4.69) is 5.32 Å². The number of rotatable bonds is 7. The van der Waals surface area contributed by atoms with Crippen molar-refractivity contribution in [3.63, 3.8) is 0 Å². The Morgan fingerprint density at radius 2 is 1.60 bits per heavy atom. The summed E-state index contributed by atoms with van der Waals surface area (Å²) in [5.74, 6) is -2.05. The number of nitrogens with one attached hydrogen (secondary N) is 1. The third-order valence-electron chi connectivity index (χ3n) is 3.05. The molecule has 8 heteroatoms. The van der Waals surface area contributed by atoms with Gasteiger partial charge in [0.2, 0.25) is 5.91 Å². The second-order valence-corrected chi connectivity index (χ2v) is 6.03. The van der Waals surface area contributed by atoms with Crippen molar-refractivity contribution in [3.05, 3.63) is 29.8 Å². The lowest BCUT2D eigenvalue weighted by atomic mass is 10.0. The van der Waals surface area contributed by atoms with E-state index in [0.29, 0.717) is 12.0 Å². The molecule has 8 nitrogen and oxygen atoms in total. The predicted octanol–water partition coefficient (Wildman–Crippen LogP) is 0.968. The topological polar surface area (TPSA) is 150 Å². The molecule has 0 radical (unpaired) electrons. The number of carboxylic acid groups (broad SMARTS) is 2. The number of hydrogen-bond donors (Lipinski definition) is 5. The molecule has 1 rings (SSSR count). The summed E-state index contributed by atoms with van der Waals surface area (Å²) in [6.45, 7) is 4.97. The van der Waals surface area contributed by atoms with Gasteiger partial charge in [0.05, 0.1) is 6.04 Å². The molecule has 1 amide bonds. The minimum atomic E-state index is -1.12. The van der Waals surface area contributed by atoms with E-state index < -0.39 is 29.9 Å². The highest BCUT2D eigenvalue weighted by molar-refractivity contribution is 5.86. The molecule has 1 aromatic carbocycles. The highest BCUT2D eigenvalue weighted by Crippen LogP contribution is 2.12.